The average Bonchev–Trinajstić information content (AvgIpc) is 3.56. The van der Waals surface area contributed by atoms with Crippen LogP contribution in [0.1, 0.15) is 38.9 Å². The fourth-order valence-corrected chi connectivity index (χ4v) is 9.94. The second-order valence-electron chi connectivity index (χ2n) is 20.8. The van der Waals surface area contributed by atoms with Crippen LogP contribution in [0.15, 0.2) is 287 Å². The van der Waals surface area contributed by atoms with Crippen LogP contribution in [0.25, 0.3) is 89.0 Å². The molecule has 0 atom stereocenters. The van der Waals surface area contributed by atoms with Crippen LogP contribution in [0.5, 0.6) is 0 Å². The number of hydrogen-bond donors (Lipinski definition) is 0. The molecule has 0 saturated carbocycles. The molecular formula is C77H68N8. The Bertz CT molecular complexity index is 3660. The van der Waals surface area contributed by atoms with E-state index in [1.54, 1.807) is 12.4 Å². The van der Waals surface area contributed by atoms with Crippen LogP contribution in [0, 0.1) is 48.5 Å². The van der Waals surface area contributed by atoms with Crippen molar-refractivity contribution in [2.24, 2.45) is 0 Å². The van der Waals surface area contributed by atoms with E-state index >= 15 is 0 Å². The summed E-state index contributed by atoms with van der Waals surface area (Å²) in [7, 11) is 0. The summed E-state index contributed by atoms with van der Waals surface area (Å²) in [5.74, 6) is 0. The van der Waals surface area contributed by atoms with E-state index in [0.717, 1.165) is 33.4 Å². The lowest BCUT2D eigenvalue weighted by Crippen LogP contribution is -1.87. The number of rotatable bonds is 8. The highest BCUT2D eigenvalue weighted by molar-refractivity contribution is 5.76. The molecule has 13 rings (SSSR count). The molecule has 0 unspecified atom stereocenters. The largest absolute Gasteiger partial charge is 0.265 e. The van der Waals surface area contributed by atoms with Crippen molar-refractivity contribution in [2.45, 2.75) is 48.5 Å². The highest BCUT2D eigenvalue weighted by atomic mass is 14.8. The van der Waals surface area contributed by atoms with Crippen molar-refractivity contribution in [3.63, 3.8) is 0 Å². The van der Waals surface area contributed by atoms with E-state index in [0.29, 0.717) is 0 Å². The molecule has 6 aromatic heterocycles. The molecule has 0 fully saturated rings. The summed E-state index contributed by atoms with van der Waals surface area (Å²) in [6.45, 7) is 14.9. The normalized spacial score (nSPS) is 10.3. The van der Waals surface area contributed by atoms with E-state index in [2.05, 4.69) is 252 Å². The Morgan fingerprint density at radius 2 is 0.565 bits per heavy atom. The van der Waals surface area contributed by atoms with Crippen molar-refractivity contribution >= 4 is 0 Å². The molecule has 0 saturated heterocycles. The van der Waals surface area contributed by atoms with Gasteiger partial charge in [0.05, 0.1) is 0 Å². The van der Waals surface area contributed by atoms with Gasteiger partial charge in [-0.3, -0.25) is 19.9 Å². The molecule has 0 bridgehead atoms. The van der Waals surface area contributed by atoms with Gasteiger partial charge in [0, 0.05) is 96.6 Å². The van der Waals surface area contributed by atoms with Crippen molar-refractivity contribution in [2.75, 3.05) is 0 Å². The molecule has 0 amide bonds. The molecule has 0 aliphatic carbocycles. The summed E-state index contributed by atoms with van der Waals surface area (Å²) in [5, 5.41) is 0. The number of aromatic nitrogens is 8. The maximum absolute atomic E-state index is 4.18. The van der Waals surface area contributed by atoms with Crippen molar-refractivity contribution < 1.29 is 0 Å². The zero-order valence-electron chi connectivity index (χ0n) is 49.2. The summed E-state index contributed by atoms with van der Waals surface area (Å²) >= 11 is 0. The molecule has 8 heteroatoms. The molecule has 6 heterocycles. The second kappa shape index (κ2) is 29.8. The first-order valence-corrected chi connectivity index (χ1v) is 28.3. The van der Waals surface area contributed by atoms with Crippen molar-refractivity contribution in [3.8, 4) is 89.0 Å². The molecule has 0 aliphatic rings. The maximum Gasteiger partial charge on any atom is 0.115 e. The summed E-state index contributed by atoms with van der Waals surface area (Å²) in [6, 6.07) is 69.7. The van der Waals surface area contributed by atoms with Gasteiger partial charge in [-0.1, -0.05) is 151 Å². The van der Waals surface area contributed by atoms with Crippen LogP contribution in [0.3, 0.4) is 0 Å². The van der Waals surface area contributed by atoms with Crippen LogP contribution in [-0.4, -0.2) is 39.9 Å². The Labute approximate surface area is 500 Å². The SMILES string of the molecule is Cc1cc(-c2cccnc2)cc(-c2cccnc2)c1.Cc1cc(-c2ccncc2)cc(-c2ccncc2)c1.Cc1cc(-c2cncnc2)cc(-c2cncnc2)c1.Cc1ccc(C)c(-c2ccccc2)c1.Cc1cccc(C)c1-c1ccccc1. The summed E-state index contributed by atoms with van der Waals surface area (Å²) in [5.41, 5.74) is 28.0. The lowest BCUT2D eigenvalue weighted by atomic mass is 9.96. The summed E-state index contributed by atoms with van der Waals surface area (Å²) in [6.07, 6.45) is 25.0. The smallest absolute Gasteiger partial charge is 0.115 e. The number of nitrogens with zero attached hydrogens (tertiary/aromatic N) is 8. The third-order valence-electron chi connectivity index (χ3n) is 14.1. The van der Waals surface area contributed by atoms with E-state index in [1.807, 2.05) is 98.4 Å². The number of hydrogen-bond acceptors (Lipinski definition) is 8. The third kappa shape index (κ3) is 16.9. The van der Waals surface area contributed by atoms with E-state index in [1.165, 1.54) is 107 Å². The van der Waals surface area contributed by atoms with E-state index in [-0.39, 0.29) is 0 Å². The molecule has 7 aromatic carbocycles. The molecule has 85 heavy (non-hydrogen) atoms. The fraction of sp³-hybridized carbons (Fsp3) is 0.0909. The summed E-state index contributed by atoms with van der Waals surface area (Å²) < 4.78 is 0. The van der Waals surface area contributed by atoms with E-state index in [4.69, 9.17) is 0 Å². The van der Waals surface area contributed by atoms with Gasteiger partial charge < -0.3 is 0 Å². The first-order chi connectivity index (χ1) is 41.5. The van der Waals surface area contributed by atoms with E-state index < -0.39 is 0 Å². The van der Waals surface area contributed by atoms with Gasteiger partial charge in [0.15, 0.2) is 0 Å². The van der Waals surface area contributed by atoms with Gasteiger partial charge in [-0.25, -0.2) is 19.9 Å². The molecule has 416 valence electrons. The topological polar surface area (TPSA) is 103 Å². The molecule has 0 N–H and O–H groups in total. The predicted molar refractivity (Wildman–Crippen MR) is 351 cm³/mol. The monoisotopic (exact) mass is 1100 g/mol. The predicted octanol–water partition coefficient (Wildman–Crippen LogP) is 19.1. The Kier molecular flexibility index (Phi) is 20.7. The minimum absolute atomic E-state index is 1.00. The Balaban J connectivity index is 0.000000128. The second-order valence-corrected chi connectivity index (χ2v) is 20.8. The van der Waals surface area contributed by atoms with Gasteiger partial charge in [-0.15, -0.1) is 0 Å². The number of benzene rings is 7. The summed E-state index contributed by atoms with van der Waals surface area (Å²) in [4.78, 5) is 32.7. The lowest BCUT2D eigenvalue weighted by molar-refractivity contribution is 1.17. The van der Waals surface area contributed by atoms with Gasteiger partial charge in [0.25, 0.3) is 0 Å². The first kappa shape index (κ1) is 58.9. The molecule has 13 aromatic rings. The van der Waals surface area contributed by atoms with Crippen molar-refractivity contribution in [1.82, 2.24) is 39.9 Å². The Morgan fingerprint density at radius 3 is 0.965 bits per heavy atom. The first-order valence-electron chi connectivity index (χ1n) is 28.3. The third-order valence-corrected chi connectivity index (χ3v) is 14.1. The van der Waals surface area contributed by atoms with Gasteiger partial charge in [-0.05, 0) is 203 Å². The van der Waals surface area contributed by atoms with Gasteiger partial charge in [0.1, 0.15) is 12.7 Å². The van der Waals surface area contributed by atoms with Gasteiger partial charge >= 0.3 is 0 Å². The highest BCUT2D eigenvalue weighted by Gasteiger charge is 2.08. The van der Waals surface area contributed by atoms with Gasteiger partial charge in [-0.2, -0.15) is 0 Å². The fourth-order valence-electron chi connectivity index (χ4n) is 9.94. The van der Waals surface area contributed by atoms with Crippen LogP contribution < -0.4 is 0 Å². The lowest BCUT2D eigenvalue weighted by Gasteiger charge is -2.09. The average molecular weight is 1110 g/mol. The Morgan fingerprint density at radius 1 is 0.200 bits per heavy atom. The Hall–Kier alpha value is -10.7. The molecular weight excluding hydrogens is 1040 g/mol. The minimum atomic E-state index is 1.00. The number of pyridine rings is 4. The molecule has 8 nitrogen and oxygen atoms in total. The van der Waals surface area contributed by atoms with E-state index in [9.17, 15) is 0 Å². The number of aryl methyl sites for hydroxylation is 7. The molecule has 0 radical (unpaired) electrons. The van der Waals surface area contributed by atoms with Crippen LogP contribution in [0.4, 0.5) is 0 Å². The van der Waals surface area contributed by atoms with Crippen molar-refractivity contribution in [3.05, 3.63) is 326 Å². The zero-order valence-corrected chi connectivity index (χ0v) is 49.2. The highest BCUT2D eigenvalue weighted by Crippen LogP contribution is 2.31. The quantitative estimate of drug-likeness (QED) is 0.148. The maximum atomic E-state index is 4.18. The van der Waals surface area contributed by atoms with Crippen LogP contribution in [-0.2, 0) is 0 Å². The van der Waals surface area contributed by atoms with Crippen LogP contribution >= 0.6 is 0 Å². The molecule has 0 aliphatic heterocycles. The van der Waals surface area contributed by atoms with Gasteiger partial charge in [0.2, 0.25) is 0 Å². The molecule has 0 spiro atoms. The van der Waals surface area contributed by atoms with Crippen molar-refractivity contribution in [1.29, 1.82) is 0 Å². The minimum Gasteiger partial charge on any atom is -0.265 e. The van der Waals surface area contributed by atoms with Crippen LogP contribution in [0.2, 0.25) is 0 Å². The zero-order chi connectivity index (χ0) is 59.2. The standard InChI is InChI=1S/2C17H14N2.C15H12N4.2C14H14/c1-13-10-16(14-2-6-18-7-3-14)12-17(11-13)15-4-8-19-9-5-15;1-13-8-16(14-4-2-6-18-11-14)10-17(9-13)15-5-3-7-19-12-15;1-11-2-12(14-5-16-9-17-6-14)4-13(3-11)15-7-18-10-19-8-15;1-11-7-6-8-12(2)14(11)13-9-4-3-5-10-13;1-11-8-9-12(2)14(10-11)13-6-4-3-5-7-13/h2*2-12H,1H3;2-10H,1H3;2*3-10H,1-2H3.